The normalized spacial score (nSPS) is 17.8. The van der Waals surface area contributed by atoms with Crippen LogP contribution in [0.25, 0.3) is 0 Å². The minimum atomic E-state index is -1.97. The van der Waals surface area contributed by atoms with E-state index in [1.807, 2.05) is 26.8 Å². The van der Waals surface area contributed by atoms with Gasteiger partial charge in [-0.1, -0.05) is 20.8 Å². The Kier molecular flexibility index (Phi) is 7.99. The molecular weight excluding hydrogens is 424 g/mol. The molecule has 8 nitrogen and oxygen atoms in total. The zero-order chi connectivity index (χ0) is 24.3. The minimum Gasteiger partial charge on any atom is -0.444 e. The maximum atomic E-state index is 12.7. The Bertz CT molecular complexity index is 800. The van der Waals surface area contributed by atoms with E-state index in [1.54, 1.807) is 24.2 Å². The van der Waals surface area contributed by atoms with Gasteiger partial charge in [0.2, 0.25) is 0 Å². The molecule has 1 aliphatic rings. The summed E-state index contributed by atoms with van der Waals surface area (Å²) in [5.74, 6) is -0.218. The largest absolute Gasteiger partial charge is 0.444 e. The zero-order valence-electron chi connectivity index (χ0n) is 21.1. The number of hydrogen-bond acceptors (Lipinski definition) is 6. The molecule has 1 aromatic heterocycles. The SMILES string of the molecule is CNC(=O)c1ccc(N2CCN(C(=O)OC(C)(C)C)C[C@@H]2CO[Si](C)(C)C(C)(C)C)cn1. The highest BCUT2D eigenvalue weighted by atomic mass is 28.4. The number of amides is 2. The third-order valence-electron chi connectivity index (χ3n) is 6.12. The second-order valence-corrected chi connectivity index (χ2v) is 15.6. The highest BCUT2D eigenvalue weighted by molar-refractivity contribution is 6.74. The molecule has 0 saturated carbocycles. The number of rotatable bonds is 5. The van der Waals surface area contributed by atoms with Crippen molar-refractivity contribution in [1.29, 1.82) is 0 Å². The first-order valence-electron chi connectivity index (χ1n) is 11.2. The number of carbonyl (C=O) groups is 2. The Hall–Kier alpha value is -2.13. The van der Waals surface area contributed by atoms with Crippen molar-refractivity contribution in [2.45, 2.75) is 71.3 Å². The lowest BCUT2D eigenvalue weighted by molar-refractivity contribution is 0.0199. The molecule has 1 N–H and O–H groups in total. The average molecular weight is 465 g/mol. The van der Waals surface area contributed by atoms with Crippen LogP contribution >= 0.6 is 0 Å². The number of pyridine rings is 1. The van der Waals surface area contributed by atoms with Crippen LogP contribution in [0, 0.1) is 0 Å². The van der Waals surface area contributed by atoms with Crippen LogP contribution in [0.2, 0.25) is 18.1 Å². The molecule has 1 aromatic rings. The molecule has 180 valence electrons. The maximum Gasteiger partial charge on any atom is 0.410 e. The predicted octanol–water partition coefficient (Wildman–Crippen LogP) is 3.89. The van der Waals surface area contributed by atoms with Crippen molar-refractivity contribution < 1.29 is 18.8 Å². The summed E-state index contributed by atoms with van der Waals surface area (Å²) >= 11 is 0. The van der Waals surface area contributed by atoms with Gasteiger partial charge in [-0.15, -0.1) is 0 Å². The van der Waals surface area contributed by atoms with Gasteiger partial charge in [0, 0.05) is 26.7 Å². The maximum absolute atomic E-state index is 12.7. The fraction of sp³-hybridized carbons (Fsp3) is 0.696. The number of hydrogen-bond donors (Lipinski definition) is 1. The number of aromatic nitrogens is 1. The van der Waals surface area contributed by atoms with E-state index in [-0.39, 0.29) is 23.1 Å². The molecule has 2 rings (SSSR count). The summed E-state index contributed by atoms with van der Waals surface area (Å²) in [6.45, 7) is 18.9. The summed E-state index contributed by atoms with van der Waals surface area (Å²) in [7, 11) is -0.380. The molecule has 0 spiro atoms. The topological polar surface area (TPSA) is 84.0 Å². The minimum absolute atomic E-state index is 0.0435. The van der Waals surface area contributed by atoms with Gasteiger partial charge in [0.15, 0.2) is 8.32 Å². The molecule has 2 heterocycles. The molecule has 2 amide bonds. The molecule has 0 aromatic carbocycles. The molecule has 0 aliphatic carbocycles. The van der Waals surface area contributed by atoms with Crippen molar-refractivity contribution in [2.75, 3.05) is 38.2 Å². The van der Waals surface area contributed by atoms with E-state index in [4.69, 9.17) is 9.16 Å². The van der Waals surface area contributed by atoms with Gasteiger partial charge in [0.05, 0.1) is 24.5 Å². The number of ether oxygens (including phenoxy) is 1. The van der Waals surface area contributed by atoms with Crippen LogP contribution in [0.3, 0.4) is 0 Å². The van der Waals surface area contributed by atoms with E-state index in [1.165, 1.54) is 0 Å². The van der Waals surface area contributed by atoms with Crippen LogP contribution in [0.5, 0.6) is 0 Å². The number of carbonyl (C=O) groups excluding carboxylic acids is 2. The highest BCUT2D eigenvalue weighted by Crippen LogP contribution is 2.37. The second kappa shape index (κ2) is 9.78. The van der Waals surface area contributed by atoms with Gasteiger partial charge in [-0.2, -0.15) is 0 Å². The van der Waals surface area contributed by atoms with Crippen molar-refractivity contribution in [3.05, 3.63) is 24.0 Å². The van der Waals surface area contributed by atoms with E-state index in [2.05, 4.69) is 49.1 Å². The molecule has 0 bridgehead atoms. The number of anilines is 1. The first kappa shape index (κ1) is 26.1. The third-order valence-corrected chi connectivity index (χ3v) is 10.6. The molecule has 0 unspecified atom stereocenters. The monoisotopic (exact) mass is 464 g/mol. The predicted molar refractivity (Wildman–Crippen MR) is 130 cm³/mol. The van der Waals surface area contributed by atoms with Gasteiger partial charge in [0.25, 0.3) is 5.91 Å². The Morgan fingerprint density at radius 1 is 1.16 bits per heavy atom. The second-order valence-electron chi connectivity index (χ2n) is 10.8. The van der Waals surface area contributed by atoms with Gasteiger partial charge in [-0.25, -0.2) is 9.78 Å². The van der Waals surface area contributed by atoms with E-state index in [0.717, 1.165) is 5.69 Å². The Morgan fingerprint density at radius 2 is 1.81 bits per heavy atom. The molecule has 1 fully saturated rings. The molecule has 1 aliphatic heterocycles. The molecule has 1 saturated heterocycles. The van der Waals surface area contributed by atoms with Crippen molar-refractivity contribution >= 4 is 26.0 Å². The van der Waals surface area contributed by atoms with Gasteiger partial charge in [-0.05, 0) is 51.0 Å². The van der Waals surface area contributed by atoms with Crippen LogP contribution in [-0.2, 0) is 9.16 Å². The molecule has 32 heavy (non-hydrogen) atoms. The van der Waals surface area contributed by atoms with Crippen LogP contribution < -0.4 is 10.2 Å². The summed E-state index contributed by atoms with van der Waals surface area (Å²) in [5.41, 5.74) is 0.740. The highest BCUT2D eigenvalue weighted by Gasteiger charge is 2.39. The fourth-order valence-electron chi connectivity index (χ4n) is 3.17. The van der Waals surface area contributed by atoms with Crippen LogP contribution in [0.1, 0.15) is 52.0 Å². The summed E-state index contributed by atoms with van der Waals surface area (Å²) in [6, 6.07) is 3.58. The van der Waals surface area contributed by atoms with Gasteiger partial charge in [0.1, 0.15) is 11.3 Å². The average Bonchev–Trinajstić information content (AvgIpc) is 2.69. The van der Waals surface area contributed by atoms with E-state index >= 15 is 0 Å². The van der Waals surface area contributed by atoms with Crippen molar-refractivity contribution in [3.63, 3.8) is 0 Å². The van der Waals surface area contributed by atoms with Crippen molar-refractivity contribution in [1.82, 2.24) is 15.2 Å². The molecule has 9 heteroatoms. The standard InChI is InChI=1S/C23H40N4O4Si/c1-22(2,3)31-21(29)26-12-13-27(17-10-11-19(25-14-17)20(28)24-7)18(15-26)16-30-32(8,9)23(4,5)6/h10-11,14,18H,12-13,15-16H2,1-9H3,(H,24,28)/t18-/m1/s1. The van der Waals surface area contributed by atoms with Crippen molar-refractivity contribution in [2.24, 2.45) is 0 Å². The lowest BCUT2D eigenvalue weighted by atomic mass is 10.1. The first-order chi connectivity index (χ1) is 14.6. The Morgan fingerprint density at radius 3 is 2.31 bits per heavy atom. The molecular formula is C23H40N4O4Si. The van der Waals surface area contributed by atoms with Gasteiger partial charge in [-0.3, -0.25) is 4.79 Å². The number of nitrogens with zero attached hydrogens (tertiary/aromatic N) is 3. The van der Waals surface area contributed by atoms with Crippen LogP contribution in [0.4, 0.5) is 10.5 Å². The van der Waals surface area contributed by atoms with Gasteiger partial charge >= 0.3 is 6.09 Å². The number of nitrogens with one attached hydrogen (secondary N) is 1. The van der Waals surface area contributed by atoms with Crippen LogP contribution in [-0.4, -0.2) is 75.1 Å². The van der Waals surface area contributed by atoms with E-state index < -0.39 is 13.9 Å². The summed E-state index contributed by atoms with van der Waals surface area (Å²) < 4.78 is 12.1. The third kappa shape index (κ3) is 6.68. The van der Waals surface area contributed by atoms with Crippen LogP contribution in [0.15, 0.2) is 18.3 Å². The van der Waals surface area contributed by atoms with Gasteiger partial charge < -0.3 is 24.3 Å². The van der Waals surface area contributed by atoms with E-state index in [0.29, 0.717) is 31.9 Å². The molecule has 0 radical (unpaired) electrons. The zero-order valence-corrected chi connectivity index (χ0v) is 22.1. The summed E-state index contributed by atoms with van der Waals surface area (Å²) in [4.78, 5) is 32.8. The smallest absolute Gasteiger partial charge is 0.410 e. The Labute approximate surface area is 193 Å². The molecule has 1 atom stereocenters. The summed E-state index contributed by atoms with van der Waals surface area (Å²) in [6.07, 6.45) is 1.41. The quantitative estimate of drug-likeness (QED) is 0.666. The Balaban J connectivity index is 2.23. The van der Waals surface area contributed by atoms with Crippen molar-refractivity contribution in [3.8, 4) is 0 Å². The summed E-state index contributed by atoms with van der Waals surface area (Å²) in [5, 5.41) is 2.68. The lowest BCUT2D eigenvalue weighted by Gasteiger charge is -2.45. The first-order valence-corrected chi connectivity index (χ1v) is 14.1. The van der Waals surface area contributed by atoms with E-state index in [9.17, 15) is 9.59 Å². The fourth-order valence-corrected chi connectivity index (χ4v) is 4.21. The number of piperazine rings is 1. The lowest BCUT2D eigenvalue weighted by Crippen LogP contribution is -2.58.